The minimum absolute atomic E-state index is 0.113. The third-order valence-corrected chi connectivity index (χ3v) is 9.59. The average Bonchev–Trinajstić information content (AvgIpc) is 3.48. The van der Waals surface area contributed by atoms with Crippen LogP contribution in [-0.4, -0.2) is 52.1 Å². The average molecular weight is 578 g/mol. The first-order valence-electron chi connectivity index (χ1n) is 14.1. The lowest BCUT2D eigenvalue weighted by atomic mass is 9.86. The lowest BCUT2D eigenvalue weighted by molar-refractivity contribution is -0.127. The largest absolute Gasteiger partial charge is 0.497 e. The normalized spacial score (nSPS) is 17.6. The van der Waals surface area contributed by atoms with Gasteiger partial charge in [0.05, 0.1) is 24.2 Å². The van der Waals surface area contributed by atoms with Gasteiger partial charge < -0.3 is 14.8 Å². The molecular formula is C32H39N3O5S. The van der Waals surface area contributed by atoms with Crippen molar-refractivity contribution in [2.75, 3.05) is 31.0 Å². The second kappa shape index (κ2) is 11.7. The highest BCUT2D eigenvalue weighted by molar-refractivity contribution is 7.92. The highest BCUT2D eigenvalue weighted by Gasteiger charge is 2.38. The molecule has 8 nitrogen and oxygen atoms in total. The van der Waals surface area contributed by atoms with Crippen LogP contribution >= 0.6 is 0 Å². The van der Waals surface area contributed by atoms with Gasteiger partial charge in [0.25, 0.3) is 15.9 Å². The predicted octanol–water partition coefficient (Wildman–Crippen LogP) is 4.86. The van der Waals surface area contributed by atoms with E-state index < -0.39 is 16.1 Å². The van der Waals surface area contributed by atoms with Gasteiger partial charge in [0.15, 0.2) is 6.10 Å². The number of sulfonamides is 1. The van der Waals surface area contributed by atoms with Crippen molar-refractivity contribution in [3.8, 4) is 11.5 Å². The van der Waals surface area contributed by atoms with E-state index in [1.165, 1.54) is 42.0 Å². The molecule has 218 valence electrons. The summed E-state index contributed by atoms with van der Waals surface area (Å²) in [5.74, 6) is 0.556. The summed E-state index contributed by atoms with van der Waals surface area (Å²) >= 11 is 0. The summed E-state index contributed by atoms with van der Waals surface area (Å²) < 4.78 is 40.6. The number of amides is 1. The summed E-state index contributed by atoms with van der Waals surface area (Å²) in [6.07, 6.45) is 1.42. The summed E-state index contributed by atoms with van der Waals surface area (Å²) in [6.45, 7) is 9.43. The molecule has 0 radical (unpaired) electrons. The van der Waals surface area contributed by atoms with Gasteiger partial charge in [-0.05, 0) is 84.4 Å². The molecular weight excluding hydrogens is 538 g/mol. The summed E-state index contributed by atoms with van der Waals surface area (Å²) in [7, 11) is -2.47. The molecule has 0 bridgehead atoms. The van der Waals surface area contributed by atoms with Crippen LogP contribution in [0.2, 0.25) is 0 Å². The first-order valence-corrected chi connectivity index (χ1v) is 15.5. The van der Waals surface area contributed by atoms with E-state index in [0.717, 1.165) is 30.8 Å². The number of hydrogen-bond acceptors (Lipinski definition) is 6. The van der Waals surface area contributed by atoms with Crippen LogP contribution in [0, 0.1) is 0 Å². The van der Waals surface area contributed by atoms with Crippen molar-refractivity contribution in [2.24, 2.45) is 0 Å². The Morgan fingerprint density at radius 1 is 1.00 bits per heavy atom. The molecule has 1 amide bonds. The van der Waals surface area contributed by atoms with Gasteiger partial charge >= 0.3 is 0 Å². The van der Waals surface area contributed by atoms with Crippen LogP contribution in [0.25, 0.3) is 0 Å². The fraction of sp³-hybridized carbons (Fsp3) is 0.406. The number of carbonyl (C=O) groups is 1. The lowest BCUT2D eigenvalue weighted by Gasteiger charge is -2.36. The Morgan fingerprint density at radius 2 is 1.68 bits per heavy atom. The number of methoxy groups -OCH3 is 1. The third-order valence-electron chi connectivity index (χ3n) is 7.80. The van der Waals surface area contributed by atoms with E-state index in [4.69, 9.17) is 9.47 Å². The van der Waals surface area contributed by atoms with Gasteiger partial charge in [-0.15, -0.1) is 0 Å². The maximum atomic E-state index is 14.0. The second-order valence-electron chi connectivity index (χ2n) is 11.7. The van der Waals surface area contributed by atoms with Gasteiger partial charge in [-0.1, -0.05) is 51.1 Å². The molecule has 3 aromatic rings. The van der Waals surface area contributed by atoms with Crippen LogP contribution in [0.4, 0.5) is 5.69 Å². The minimum Gasteiger partial charge on any atom is -0.497 e. The number of fused-ring (bicyclic) bond motifs is 1. The number of nitrogens with one attached hydrogen (secondary N) is 1. The van der Waals surface area contributed by atoms with E-state index >= 15 is 0 Å². The molecule has 5 rings (SSSR count). The van der Waals surface area contributed by atoms with Crippen LogP contribution in [0.3, 0.4) is 0 Å². The van der Waals surface area contributed by atoms with Crippen LogP contribution in [0.1, 0.15) is 50.3 Å². The van der Waals surface area contributed by atoms with Crippen molar-refractivity contribution in [3.63, 3.8) is 0 Å². The smallest absolute Gasteiger partial charge is 0.264 e. The molecule has 0 spiro atoms. The number of likely N-dealkylation sites (tertiary alicyclic amines) is 1. The summed E-state index contributed by atoms with van der Waals surface area (Å²) in [6, 6.07) is 19.9. The molecule has 3 aromatic carbocycles. The molecule has 0 aliphatic carbocycles. The predicted molar refractivity (Wildman–Crippen MR) is 160 cm³/mol. The van der Waals surface area contributed by atoms with Crippen molar-refractivity contribution in [1.82, 2.24) is 10.2 Å². The molecule has 0 aromatic heterocycles. The fourth-order valence-corrected chi connectivity index (χ4v) is 6.79. The summed E-state index contributed by atoms with van der Waals surface area (Å²) in [5, 5.41) is 3.01. The molecule has 41 heavy (non-hydrogen) atoms. The van der Waals surface area contributed by atoms with Crippen molar-refractivity contribution in [3.05, 3.63) is 83.4 Å². The van der Waals surface area contributed by atoms with Gasteiger partial charge in [-0.25, -0.2) is 8.42 Å². The Balaban J connectivity index is 1.40. The van der Waals surface area contributed by atoms with E-state index in [-0.39, 0.29) is 22.8 Å². The van der Waals surface area contributed by atoms with Crippen LogP contribution in [0.5, 0.6) is 11.5 Å². The molecule has 2 heterocycles. The molecule has 0 saturated carbocycles. The van der Waals surface area contributed by atoms with Crippen molar-refractivity contribution >= 4 is 21.6 Å². The monoisotopic (exact) mass is 577 g/mol. The van der Waals surface area contributed by atoms with Gasteiger partial charge in [0, 0.05) is 13.1 Å². The van der Waals surface area contributed by atoms with E-state index in [1.807, 2.05) is 30.3 Å². The van der Waals surface area contributed by atoms with Crippen molar-refractivity contribution < 1.29 is 22.7 Å². The third kappa shape index (κ3) is 6.36. The first kappa shape index (κ1) is 29.0. The maximum Gasteiger partial charge on any atom is 0.264 e. The second-order valence-corrected chi connectivity index (χ2v) is 13.6. The van der Waals surface area contributed by atoms with Crippen molar-refractivity contribution in [2.45, 2.75) is 63.1 Å². The number of anilines is 1. The summed E-state index contributed by atoms with van der Waals surface area (Å²) in [5.41, 5.74) is 3.41. The molecule has 9 heteroatoms. The van der Waals surface area contributed by atoms with E-state index in [2.05, 4.69) is 37.1 Å². The van der Waals surface area contributed by atoms with Crippen LogP contribution in [-0.2, 0) is 33.3 Å². The van der Waals surface area contributed by atoms with Gasteiger partial charge in [0.1, 0.15) is 11.5 Å². The number of carbonyl (C=O) groups excluding carboxylic acids is 1. The Morgan fingerprint density at radius 3 is 2.34 bits per heavy atom. The van der Waals surface area contributed by atoms with E-state index in [0.29, 0.717) is 23.7 Å². The molecule has 0 unspecified atom stereocenters. The number of hydrogen-bond donors (Lipinski definition) is 1. The lowest BCUT2D eigenvalue weighted by Crippen LogP contribution is -2.50. The Bertz CT molecular complexity index is 1490. The highest BCUT2D eigenvalue weighted by atomic mass is 32.2. The molecule has 1 atom stereocenters. The fourth-order valence-electron chi connectivity index (χ4n) is 5.32. The number of nitrogens with zero attached hydrogens (tertiary/aromatic N) is 2. The summed E-state index contributed by atoms with van der Waals surface area (Å²) in [4.78, 5) is 16.0. The zero-order valence-electron chi connectivity index (χ0n) is 24.2. The molecule has 1 fully saturated rings. The molecule has 1 N–H and O–H groups in total. The maximum absolute atomic E-state index is 14.0. The van der Waals surface area contributed by atoms with Crippen LogP contribution in [0.15, 0.2) is 71.6 Å². The van der Waals surface area contributed by atoms with Crippen molar-refractivity contribution in [1.29, 1.82) is 0 Å². The Kier molecular flexibility index (Phi) is 8.29. The van der Waals surface area contributed by atoms with Crippen LogP contribution < -0.4 is 19.1 Å². The highest BCUT2D eigenvalue weighted by Crippen LogP contribution is 2.40. The quantitative estimate of drug-likeness (QED) is 0.412. The number of ether oxygens (including phenoxy) is 2. The SMILES string of the molecule is COc1ccc(S(=O)(=O)N2C[C@@H](C(=O)NCc3ccccc3CN3CCCC3)Oc3ccc(C(C)(C)C)cc32)cc1. The van der Waals surface area contributed by atoms with Gasteiger partial charge in [-0.3, -0.25) is 14.0 Å². The zero-order valence-corrected chi connectivity index (χ0v) is 25.0. The molecule has 2 aliphatic heterocycles. The topological polar surface area (TPSA) is 88.2 Å². The zero-order chi connectivity index (χ0) is 29.2. The van der Waals surface area contributed by atoms with E-state index in [1.54, 1.807) is 18.2 Å². The Hall–Kier alpha value is -3.56. The first-order chi connectivity index (χ1) is 19.6. The molecule has 2 aliphatic rings. The Labute approximate surface area is 243 Å². The number of rotatable bonds is 8. The standard InChI is InChI=1S/C32H39N3O5S/c1-32(2,3)25-11-16-29-28(19-25)35(41(37,38)27-14-12-26(39-4)13-15-27)22-30(40-29)31(36)33-20-23-9-5-6-10-24(23)21-34-17-7-8-18-34/h5-6,9-16,19,30H,7-8,17-18,20-22H2,1-4H3,(H,33,36)/t30-/m0/s1. The molecule has 1 saturated heterocycles. The minimum atomic E-state index is -4.00. The number of benzene rings is 3. The van der Waals surface area contributed by atoms with Gasteiger partial charge in [-0.2, -0.15) is 0 Å². The van der Waals surface area contributed by atoms with Gasteiger partial charge in [0.2, 0.25) is 0 Å². The van der Waals surface area contributed by atoms with E-state index in [9.17, 15) is 13.2 Å².